The number of methoxy groups -OCH3 is 1. The van der Waals surface area contributed by atoms with Crippen LogP contribution in [0.3, 0.4) is 0 Å². The minimum Gasteiger partial charge on any atom is -0.496 e. The molecule has 0 atom stereocenters. The molecule has 1 amide bonds. The maximum absolute atomic E-state index is 12.1. The highest BCUT2D eigenvalue weighted by atomic mass is 16.5. The third-order valence-corrected chi connectivity index (χ3v) is 5.05. The van der Waals surface area contributed by atoms with E-state index in [-0.39, 0.29) is 0 Å². The molecule has 1 fully saturated rings. The summed E-state index contributed by atoms with van der Waals surface area (Å²) < 4.78 is 5.47. The smallest absolute Gasteiger partial charge is 0.222 e. The number of nitrogens with zero attached hydrogens (tertiary/aromatic N) is 3. The number of aryl methyl sites for hydroxylation is 1. The van der Waals surface area contributed by atoms with E-state index in [1.54, 1.807) is 7.11 Å². The summed E-state index contributed by atoms with van der Waals surface area (Å²) in [5.41, 5.74) is 2.97. The van der Waals surface area contributed by atoms with Crippen molar-refractivity contribution in [3.05, 3.63) is 23.0 Å². The summed E-state index contributed by atoms with van der Waals surface area (Å²) >= 11 is 0. The summed E-state index contributed by atoms with van der Waals surface area (Å²) in [6, 6.07) is 0. The topological polar surface area (TPSA) is 78.9 Å². The van der Waals surface area contributed by atoms with Gasteiger partial charge in [0.15, 0.2) is 5.96 Å². The van der Waals surface area contributed by atoms with Gasteiger partial charge in [0.1, 0.15) is 5.75 Å². The second-order valence-electron chi connectivity index (χ2n) is 7.21. The molecule has 1 aliphatic rings. The van der Waals surface area contributed by atoms with E-state index >= 15 is 0 Å². The summed E-state index contributed by atoms with van der Waals surface area (Å²) in [5, 5.41) is 6.63. The zero-order valence-corrected chi connectivity index (χ0v) is 17.8. The Morgan fingerprint density at radius 1 is 1.29 bits per heavy atom. The minimum atomic E-state index is 0.299. The number of carbonyl (C=O) groups excluding carboxylic acids is 1. The van der Waals surface area contributed by atoms with Crippen molar-refractivity contribution < 1.29 is 9.53 Å². The fraction of sp³-hybridized carbons (Fsp3) is 0.667. The summed E-state index contributed by atoms with van der Waals surface area (Å²) in [7, 11) is 1.68. The predicted molar refractivity (Wildman–Crippen MR) is 113 cm³/mol. The van der Waals surface area contributed by atoms with Crippen molar-refractivity contribution in [3.63, 3.8) is 0 Å². The van der Waals surface area contributed by atoms with E-state index in [0.717, 1.165) is 80.4 Å². The van der Waals surface area contributed by atoms with Crippen LogP contribution in [-0.4, -0.2) is 55.0 Å². The number of amides is 1. The zero-order chi connectivity index (χ0) is 20.4. The molecule has 1 saturated heterocycles. The van der Waals surface area contributed by atoms with Crippen LogP contribution >= 0.6 is 0 Å². The monoisotopic (exact) mass is 389 g/mol. The van der Waals surface area contributed by atoms with Crippen LogP contribution in [0.1, 0.15) is 55.8 Å². The second kappa shape index (κ2) is 11.5. The van der Waals surface area contributed by atoms with Gasteiger partial charge in [-0.15, -0.1) is 0 Å². The van der Waals surface area contributed by atoms with Gasteiger partial charge in [-0.25, -0.2) is 4.99 Å². The first kappa shape index (κ1) is 22.0. The van der Waals surface area contributed by atoms with Crippen LogP contribution in [0.5, 0.6) is 5.75 Å². The van der Waals surface area contributed by atoms with Crippen LogP contribution in [0, 0.1) is 13.8 Å². The number of aromatic nitrogens is 1. The molecule has 0 bridgehead atoms. The number of hydrogen-bond acceptors (Lipinski definition) is 4. The molecule has 7 nitrogen and oxygen atoms in total. The highest BCUT2D eigenvalue weighted by Gasteiger charge is 2.15. The van der Waals surface area contributed by atoms with E-state index in [1.165, 1.54) is 0 Å². The number of guanidine groups is 1. The van der Waals surface area contributed by atoms with Crippen molar-refractivity contribution in [1.82, 2.24) is 20.5 Å². The van der Waals surface area contributed by atoms with E-state index in [1.807, 2.05) is 31.9 Å². The number of aliphatic imine (C=N–C) groups is 1. The van der Waals surface area contributed by atoms with E-state index in [0.29, 0.717) is 18.9 Å². The number of ether oxygens (including phenoxy) is 1. The lowest BCUT2D eigenvalue weighted by molar-refractivity contribution is -0.130. The molecule has 1 aromatic rings. The molecule has 1 aromatic heterocycles. The molecule has 0 unspecified atom stereocenters. The van der Waals surface area contributed by atoms with E-state index < -0.39 is 0 Å². The van der Waals surface area contributed by atoms with Gasteiger partial charge >= 0.3 is 0 Å². The predicted octanol–water partition coefficient (Wildman–Crippen LogP) is 2.55. The van der Waals surface area contributed by atoms with E-state index in [2.05, 4.69) is 20.6 Å². The molecule has 0 aromatic carbocycles. The SMILES string of the molecule is CCNC(=NCc1ncc(C)c(OC)c1C)NCCCN1CCCCCC1=O. The lowest BCUT2D eigenvalue weighted by Crippen LogP contribution is -2.39. The molecular formula is C21H35N5O2. The van der Waals surface area contributed by atoms with Crippen LogP contribution in [0.25, 0.3) is 0 Å². The number of likely N-dealkylation sites (tertiary alicyclic amines) is 1. The van der Waals surface area contributed by atoms with Gasteiger partial charge in [-0.1, -0.05) is 6.42 Å². The number of carbonyl (C=O) groups is 1. The van der Waals surface area contributed by atoms with Crippen molar-refractivity contribution in [2.24, 2.45) is 4.99 Å². The Labute approximate surface area is 169 Å². The molecule has 0 aliphatic carbocycles. The third kappa shape index (κ3) is 6.39. The maximum atomic E-state index is 12.1. The first-order valence-electron chi connectivity index (χ1n) is 10.4. The molecule has 28 heavy (non-hydrogen) atoms. The van der Waals surface area contributed by atoms with Gasteiger partial charge in [-0.2, -0.15) is 0 Å². The Hall–Kier alpha value is -2.31. The Bertz CT molecular complexity index is 675. The maximum Gasteiger partial charge on any atom is 0.222 e. The van der Waals surface area contributed by atoms with Gasteiger partial charge in [0, 0.05) is 49.9 Å². The minimum absolute atomic E-state index is 0.299. The number of hydrogen-bond donors (Lipinski definition) is 2. The molecule has 2 heterocycles. The van der Waals surface area contributed by atoms with Crippen LogP contribution in [-0.2, 0) is 11.3 Å². The highest BCUT2D eigenvalue weighted by molar-refractivity contribution is 5.79. The van der Waals surface area contributed by atoms with Gasteiger partial charge in [-0.05, 0) is 40.0 Å². The summed E-state index contributed by atoms with van der Waals surface area (Å²) in [5.74, 6) is 1.94. The van der Waals surface area contributed by atoms with Crippen molar-refractivity contribution >= 4 is 11.9 Å². The quantitative estimate of drug-likeness (QED) is 0.406. The van der Waals surface area contributed by atoms with Crippen molar-refractivity contribution in [2.45, 2.75) is 59.4 Å². The average molecular weight is 390 g/mol. The molecule has 7 heteroatoms. The molecule has 2 N–H and O–H groups in total. The van der Waals surface area contributed by atoms with Gasteiger partial charge in [0.05, 0.1) is 19.3 Å². The Morgan fingerprint density at radius 2 is 2.11 bits per heavy atom. The van der Waals surface area contributed by atoms with Gasteiger partial charge in [-0.3, -0.25) is 9.78 Å². The summed E-state index contributed by atoms with van der Waals surface area (Å²) in [6.45, 7) is 9.82. The van der Waals surface area contributed by atoms with E-state index in [9.17, 15) is 4.79 Å². The van der Waals surface area contributed by atoms with Crippen LogP contribution < -0.4 is 15.4 Å². The third-order valence-electron chi connectivity index (χ3n) is 5.05. The van der Waals surface area contributed by atoms with Crippen LogP contribution in [0.4, 0.5) is 0 Å². The molecule has 0 spiro atoms. The van der Waals surface area contributed by atoms with Crippen molar-refractivity contribution in [1.29, 1.82) is 0 Å². The van der Waals surface area contributed by atoms with E-state index in [4.69, 9.17) is 4.74 Å². The molecule has 0 radical (unpaired) electrons. The lowest BCUT2D eigenvalue weighted by atomic mass is 10.1. The molecule has 156 valence electrons. The molecule has 0 saturated carbocycles. The molecular weight excluding hydrogens is 354 g/mol. The largest absolute Gasteiger partial charge is 0.496 e. The van der Waals surface area contributed by atoms with Gasteiger partial charge in [0.2, 0.25) is 5.91 Å². The fourth-order valence-corrected chi connectivity index (χ4v) is 3.48. The van der Waals surface area contributed by atoms with Crippen LogP contribution in [0.15, 0.2) is 11.2 Å². The molecule has 2 rings (SSSR count). The lowest BCUT2D eigenvalue weighted by Gasteiger charge is -2.20. The number of nitrogens with one attached hydrogen (secondary N) is 2. The van der Waals surface area contributed by atoms with Gasteiger partial charge in [0.25, 0.3) is 0 Å². The number of rotatable bonds is 8. The van der Waals surface area contributed by atoms with Crippen molar-refractivity contribution in [2.75, 3.05) is 33.3 Å². The summed E-state index contributed by atoms with van der Waals surface area (Å²) in [6.07, 6.45) is 6.75. The Balaban J connectivity index is 1.87. The Kier molecular flexibility index (Phi) is 9.04. The zero-order valence-electron chi connectivity index (χ0n) is 17.8. The summed E-state index contributed by atoms with van der Waals surface area (Å²) in [4.78, 5) is 23.2. The average Bonchev–Trinajstić information content (AvgIpc) is 2.89. The standard InChI is InChI=1S/C21H35N5O2/c1-5-22-21(23-11-9-13-26-12-8-6-7-10-19(26)27)25-15-18-17(3)20(28-4)16(2)14-24-18/h14H,5-13,15H2,1-4H3,(H2,22,23,25). The highest BCUT2D eigenvalue weighted by Crippen LogP contribution is 2.24. The normalized spacial score (nSPS) is 15.4. The molecule has 1 aliphatic heterocycles. The Morgan fingerprint density at radius 3 is 2.86 bits per heavy atom. The first-order valence-corrected chi connectivity index (χ1v) is 10.4. The van der Waals surface area contributed by atoms with Crippen LogP contribution in [0.2, 0.25) is 0 Å². The van der Waals surface area contributed by atoms with Gasteiger partial charge < -0.3 is 20.3 Å². The number of pyridine rings is 1. The fourth-order valence-electron chi connectivity index (χ4n) is 3.48. The second-order valence-corrected chi connectivity index (χ2v) is 7.21. The van der Waals surface area contributed by atoms with Crippen molar-refractivity contribution in [3.8, 4) is 5.75 Å². The first-order chi connectivity index (χ1) is 13.6.